The van der Waals surface area contributed by atoms with Gasteiger partial charge in [0.2, 0.25) is 0 Å². The van der Waals surface area contributed by atoms with Gasteiger partial charge in [-0.2, -0.15) is 0 Å². The molecule has 98 valence electrons. The summed E-state index contributed by atoms with van der Waals surface area (Å²) in [4.78, 5) is 6.80. The van der Waals surface area contributed by atoms with Gasteiger partial charge in [-0.1, -0.05) is 25.0 Å². The molecule has 2 rings (SSSR count). The van der Waals surface area contributed by atoms with Gasteiger partial charge in [-0.3, -0.25) is 4.99 Å². The van der Waals surface area contributed by atoms with E-state index in [4.69, 9.17) is 10.8 Å². The quantitative estimate of drug-likeness (QED) is 0.371. The summed E-state index contributed by atoms with van der Waals surface area (Å²) >= 11 is 0. The van der Waals surface area contributed by atoms with E-state index < -0.39 is 0 Å². The molecule has 1 aromatic rings. The number of nitrogens with two attached hydrogens (primary N) is 1. The van der Waals surface area contributed by atoms with Gasteiger partial charge < -0.3 is 10.3 Å². The molecule has 0 radical (unpaired) electrons. The molecule has 0 aromatic heterocycles. The van der Waals surface area contributed by atoms with Crippen LogP contribution in [0.2, 0.25) is 0 Å². The van der Waals surface area contributed by atoms with E-state index in [9.17, 15) is 0 Å². The van der Waals surface area contributed by atoms with E-state index in [0.29, 0.717) is 6.04 Å². The van der Waals surface area contributed by atoms with Crippen LogP contribution >= 0.6 is 0 Å². The zero-order valence-corrected chi connectivity index (χ0v) is 11.2. The van der Waals surface area contributed by atoms with Crippen LogP contribution in [0.4, 0.5) is 5.69 Å². The number of amidine groups is 1. The van der Waals surface area contributed by atoms with Crippen molar-refractivity contribution in [2.75, 3.05) is 19.0 Å². The molecule has 1 saturated carbocycles. The van der Waals surface area contributed by atoms with Crippen molar-refractivity contribution in [3.63, 3.8) is 0 Å². The Labute approximate surface area is 109 Å². The van der Waals surface area contributed by atoms with Crippen LogP contribution in [0.15, 0.2) is 29.3 Å². The normalized spacial score (nSPS) is 16.9. The minimum Gasteiger partial charge on any atom is -0.378 e. The predicted octanol–water partition coefficient (Wildman–Crippen LogP) is 1.91. The first-order chi connectivity index (χ1) is 8.70. The zero-order chi connectivity index (χ0) is 13.0. The minimum absolute atomic E-state index is 0.430. The highest BCUT2D eigenvalue weighted by Crippen LogP contribution is 2.22. The molecule has 0 unspecified atom stereocenters. The highest BCUT2D eigenvalue weighted by Gasteiger charge is 2.15. The van der Waals surface area contributed by atoms with Crippen molar-refractivity contribution in [2.24, 2.45) is 10.8 Å². The lowest BCUT2D eigenvalue weighted by molar-refractivity contribution is 0.701. The molecule has 4 nitrogen and oxygen atoms in total. The number of hydrogen-bond acceptors (Lipinski definition) is 3. The number of benzene rings is 1. The topological polar surface area (TPSA) is 53.6 Å². The second-order valence-corrected chi connectivity index (χ2v) is 5.01. The fourth-order valence-electron chi connectivity index (χ4n) is 2.34. The fourth-order valence-corrected chi connectivity index (χ4v) is 2.34. The molecule has 0 amide bonds. The minimum atomic E-state index is 0.430. The van der Waals surface area contributed by atoms with Crippen LogP contribution in [0.3, 0.4) is 0 Å². The molecular weight excluding hydrogens is 224 g/mol. The average molecular weight is 246 g/mol. The lowest BCUT2D eigenvalue weighted by Gasteiger charge is -2.15. The Bertz CT molecular complexity index is 420. The van der Waals surface area contributed by atoms with Gasteiger partial charge in [-0.25, -0.2) is 5.84 Å². The third-order valence-electron chi connectivity index (χ3n) is 3.41. The van der Waals surface area contributed by atoms with Crippen molar-refractivity contribution < 1.29 is 0 Å². The SMILES string of the molecule is CN(C)c1cccc(C(=NC2CCCC2)NN)c1. The van der Waals surface area contributed by atoms with Crippen molar-refractivity contribution in [1.82, 2.24) is 5.43 Å². The van der Waals surface area contributed by atoms with Crippen molar-refractivity contribution >= 4 is 11.5 Å². The highest BCUT2D eigenvalue weighted by atomic mass is 15.3. The van der Waals surface area contributed by atoms with Gasteiger partial charge in [-0.05, 0) is 25.0 Å². The Morgan fingerprint density at radius 1 is 1.33 bits per heavy atom. The number of nitrogens with zero attached hydrogens (tertiary/aromatic N) is 2. The van der Waals surface area contributed by atoms with Crippen molar-refractivity contribution in [3.8, 4) is 0 Å². The molecule has 4 heteroatoms. The summed E-state index contributed by atoms with van der Waals surface area (Å²) in [5.74, 6) is 6.41. The summed E-state index contributed by atoms with van der Waals surface area (Å²) in [6.07, 6.45) is 4.92. The summed E-state index contributed by atoms with van der Waals surface area (Å²) in [5, 5.41) is 0. The van der Waals surface area contributed by atoms with Crippen LogP contribution < -0.4 is 16.2 Å². The van der Waals surface area contributed by atoms with Gasteiger partial charge in [0.15, 0.2) is 0 Å². The molecule has 18 heavy (non-hydrogen) atoms. The maximum absolute atomic E-state index is 5.61. The van der Waals surface area contributed by atoms with Crippen molar-refractivity contribution in [2.45, 2.75) is 31.7 Å². The molecule has 0 atom stereocenters. The lowest BCUT2D eigenvalue weighted by Crippen LogP contribution is -2.32. The van der Waals surface area contributed by atoms with E-state index in [1.165, 1.54) is 25.7 Å². The van der Waals surface area contributed by atoms with Gasteiger partial charge in [0, 0.05) is 25.3 Å². The number of aliphatic imine (C=N–C) groups is 1. The standard InChI is InChI=1S/C14H22N4/c1-18(2)13-9-5-6-11(10-13)14(17-15)16-12-7-3-4-8-12/h5-6,9-10,12H,3-4,7-8,15H2,1-2H3,(H,16,17). The van der Waals surface area contributed by atoms with E-state index >= 15 is 0 Å². The summed E-state index contributed by atoms with van der Waals surface area (Å²) < 4.78 is 0. The van der Waals surface area contributed by atoms with Gasteiger partial charge in [0.05, 0.1) is 6.04 Å². The van der Waals surface area contributed by atoms with Gasteiger partial charge in [0.25, 0.3) is 0 Å². The maximum atomic E-state index is 5.61. The molecule has 0 aliphatic heterocycles. The third kappa shape index (κ3) is 3.01. The molecule has 1 aromatic carbocycles. The lowest BCUT2D eigenvalue weighted by atomic mass is 10.1. The Balaban J connectivity index is 2.23. The molecule has 1 fully saturated rings. The molecule has 3 N–H and O–H groups in total. The van der Waals surface area contributed by atoms with Crippen LogP contribution in [0, 0.1) is 0 Å². The largest absolute Gasteiger partial charge is 0.378 e. The molecule has 1 aliphatic rings. The second kappa shape index (κ2) is 5.87. The van der Waals surface area contributed by atoms with Crippen LogP contribution in [0.25, 0.3) is 0 Å². The molecule has 0 spiro atoms. The van der Waals surface area contributed by atoms with Crippen LogP contribution in [0.1, 0.15) is 31.2 Å². The Kier molecular flexibility index (Phi) is 4.20. The summed E-state index contributed by atoms with van der Waals surface area (Å²) in [5.41, 5.74) is 4.95. The number of rotatable bonds is 3. The first kappa shape index (κ1) is 12.9. The Morgan fingerprint density at radius 2 is 2.06 bits per heavy atom. The van der Waals surface area contributed by atoms with Crippen molar-refractivity contribution in [3.05, 3.63) is 29.8 Å². The predicted molar refractivity (Wildman–Crippen MR) is 76.9 cm³/mol. The van der Waals surface area contributed by atoms with E-state index in [1.807, 2.05) is 26.2 Å². The first-order valence-corrected chi connectivity index (χ1v) is 6.53. The van der Waals surface area contributed by atoms with Gasteiger partial charge >= 0.3 is 0 Å². The van der Waals surface area contributed by atoms with E-state index in [1.54, 1.807) is 0 Å². The summed E-state index contributed by atoms with van der Waals surface area (Å²) in [6, 6.07) is 8.69. The molecule has 1 aliphatic carbocycles. The molecule has 0 heterocycles. The third-order valence-corrected chi connectivity index (χ3v) is 3.41. The summed E-state index contributed by atoms with van der Waals surface area (Å²) in [6.45, 7) is 0. The monoisotopic (exact) mass is 246 g/mol. The van der Waals surface area contributed by atoms with Crippen LogP contribution in [-0.2, 0) is 0 Å². The molecule has 0 bridgehead atoms. The Morgan fingerprint density at radius 3 is 2.67 bits per heavy atom. The highest BCUT2D eigenvalue weighted by molar-refractivity contribution is 5.99. The number of anilines is 1. The van der Waals surface area contributed by atoms with Crippen molar-refractivity contribution in [1.29, 1.82) is 0 Å². The average Bonchev–Trinajstić information content (AvgIpc) is 2.89. The van der Waals surface area contributed by atoms with E-state index in [-0.39, 0.29) is 0 Å². The summed E-state index contributed by atoms with van der Waals surface area (Å²) in [7, 11) is 4.06. The van der Waals surface area contributed by atoms with Gasteiger partial charge in [0.1, 0.15) is 5.84 Å². The molecular formula is C14H22N4. The van der Waals surface area contributed by atoms with Crippen LogP contribution in [-0.4, -0.2) is 26.0 Å². The second-order valence-electron chi connectivity index (χ2n) is 5.01. The van der Waals surface area contributed by atoms with E-state index in [2.05, 4.69) is 22.5 Å². The Hall–Kier alpha value is -1.55. The first-order valence-electron chi connectivity index (χ1n) is 6.53. The molecule has 0 saturated heterocycles. The smallest absolute Gasteiger partial charge is 0.142 e. The zero-order valence-electron chi connectivity index (χ0n) is 11.2. The number of hydrogen-bond donors (Lipinski definition) is 2. The fraction of sp³-hybridized carbons (Fsp3) is 0.500. The van der Waals surface area contributed by atoms with E-state index in [0.717, 1.165) is 17.1 Å². The number of hydrazine groups is 1. The van der Waals surface area contributed by atoms with Gasteiger partial charge in [-0.15, -0.1) is 0 Å². The van der Waals surface area contributed by atoms with Crippen LogP contribution in [0.5, 0.6) is 0 Å². The number of nitrogens with one attached hydrogen (secondary N) is 1. The maximum Gasteiger partial charge on any atom is 0.142 e.